The van der Waals surface area contributed by atoms with E-state index in [9.17, 15) is 0 Å². The van der Waals surface area contributed by atoms with Gasteiger partial charge in [-0.1, -0.05) is 27.7 Å². The van der Waals surface area contributed by atoms with Gasteiger partial charge in [-0.15, -0.1) is 0 Å². The average Bonchev–Trinajstić information content (AvgIpc) is 2.54. The number of fused-ring (bicyclic) bond motifs is 1. The molecule has 18 heavy (non-hydrogen) atoms. The first kappa shape index (κ1) is 12.9. The Balaban J connectivity index is 2.44. The molecule has 0 fully saturated rings. The zero-order valence-corrected chi connectivity index (χ0v) is 11.9. The fourth-order valence-corrected chi connectivity index (χ4v) is 1.84. The Morgan fingerprint density at radius 1 is 1.28 bits per heavy atom. The first-order valence-corrected chi connectivity index (χ1v) is 6.38. The van der Waals surface area contributed by atoms with Gasteiger partial charge in [-0.3, -0.25) is 4.57 Å². The second-order valence-electron chi connectivity index (χ2n) is 6.14. The lowest BCUT2D eigenvalue weighted by Crippen LogP contribution is -2.23. The van der Waals surface area contributed by atoms with E-state index in [2.05, 4.69) is 37.7 Å². The number of rotatable bonds is 2. The molecule has 2 rings (SSSR count). The Hall–Kier alpha value is -1.58. The number of aryl methyl sites for hydroxylation is 1. The molecule has 0 aliphatic heterocycles. The van der Waals surface area contributed by atoms with Gasteiger partial charge in [0.25, 0.3) is 0 Å². The van der Waals surface area contributed by atoms with Crippen molar-refractivity contribution < 1.29 is 0 Å². The molecule has 2 aromatic heterocycles. The molecular weight excluding hydrogens is 224 g/mol. The second kappa shape index (κ2) is 4.26. The second-order valence-corrected chi connectivity index (χ2v) is 6.14. The zero-order valence-electron chi connectivity index (χ0n) is 11.9. The molecule has 0 radical (unpaired) electrons. The number of nitrogens with zero attached hydrogens (tertiary/aromatic N) is 3. The molecule has 4 nitrogen and oxygen atoms in total. The molecule has 0 spiro atoms. The maximum atomic E-state index is 6.01. The van der Waals surface area contributed by atoms with Crippen molar-refractivity contribution >= 4 is 17.1 Å². The molecule has 0 aliphatic carbocycles. The van der Waals surface area contributed by atoms with E-state index in [1.807, 2.05) is 23.6 Å². The maximum Gasteiger partial charge on any atom is 0.202 e. The summed E-state index contributed by atoms with van der Waals surface area (Å²) in [6.07, 6.45) is 0. The molecule has 0 aliphatic rings. The lowest BCUT2D eigenvalue weighted by Gasteiger charge is -2.27. The summed E-state index contributed by atoms with van der Waals surface area (Å²) < 4.78 is 2.03. The van der Waals surface area contributed by atoms with Crippen LogP contribution in [-0.2, 0) is 6.54 Å². The lowest BCUT2D eigenvalue weighted by molar-refractivity contribution is 0.235. The fraction of sp³-hybridized carbons (Fsp3) is 0.571. The number of anilines is 1. The minimum atomic E-state index is 0.243. The van der Waals surface area contributed by atoms with E-state index in [1.165, 1.54) is 0 Å². The number of aromatic nitrogens is 3. The SMILES string of the molecule is Cc1ccc2nc(N)n(CC(C)C(C)(C)C)c2n1. The number of hydrogen-bond donors (Lipinski definition) is 1. The number of imidazole rings is 1. The van der Waals surface area contributed by atoms with Crippen molar-refractivity contribution in [2.45, 2.75) is 41.2 Å². The highest BCUT2D eigenvalue weighted by Gasteiger charge is 2.22. The van der Waals surface area contributed by atoms with Crippen LogP contribution in [0.15, 0.2) is 12.1 Å². The number of nitrogens with two attached hydrogens (primary N) is 1. The predicted octanol–water partition coefficient (Wildman–Crippen LogP) is 3.00. The summed E-state index contributed by atoms with van der Waals surface area (Å²) in [5.41, 5.74) is 9.01. The van der Waals surface area contributed by atoms with E-state index < -0.39 is 0 Å². The molecule has 4 heteroatoms. The quantitative estimate of drug-likeness (QED) is 0.886. The summed E-state index contributed by atoms with van der Waals surface area (Å²) in [5.74, 6) is 1.05. The van der Waals surface area contributed by atoms with Crippen LogP contribution < -0.4 is 5.73 Å². The standard InChI is InChI=1S/C14H22N4/c1-9(14(3,4)5)8-18-12-11(17-13(18)15)7-6-10(2)16-12/h6-7,9H,8H2,1-5H3,(H2,15,17). The summed E-state index contributed by atoms with van der Waals surface area (Å²) in [7, 11) is 0. The topological polar surface area (TPSA) is 56.7 Å². The van der Waals surface area contributed by atoms with E-state index in [1.54, 1.807) is 0 Å². The molecule has 2 N–H and O–H groups in total. The first-order chi connectivity index (χ1) is 8.29. The molecule has 0 saturated heterocycles. The van der Waals surface area contributed by atoms with Crippen molar-refractivity contribution in [2.75, 3.05) is 5.73 Å². The number of nitrogen functional groups attached to an aromatic ring is 1. The Labute approximate surface area is 108 Å². The normalized spacial score (nSPS) is 14.1. The van der Waals surface area contributed by atoms with E-state index in [0.717, 1.165) is 23.4 Å². The third-order valence-corrected chi connectivity index (χ3v) is 3.70. The Morgan fingerprint density at radius 3 is 2.56 bits per heavy atom. The highest BCUT2D eigenvalue weighted by molar-refractivity contribution is 5.74. The van der Waals surface area contributed by atoms with E-state index in [-0.39, 0.29) is 5.41 Å². The Bertz CT molecular complexity index is 563. The van der Waals surface area contributed by atoms with Crippen LogP contribution in [0.2, 0.25) is 0 Å². The molecule has 98 valence electrons. The molecule has 0 amide bonds. The minimum Gasteiger partial charge on any atom is -0.369 e. The molecule has 2 heterocycles. The van der Waals surface area contributed by atoms with Crippen LogP contribution in [0.3, 0.4) is 0 Å². The molecule has 2 aromatic rings. The summed E-state index contributed by atoms with van der Waals surface area (Å²) >= 11 is 0. The maximum absolute atomic E-state index is 6.01. The fourth-order valence-electron chi connectivity index (χ4n) is 1.84. The lowest BCUT2D eigenvalue weighted by atomic mass is 9.82. The average molecular weight is 246 g/mol. The van der Waals surface area contributed by atoms with E-state index >= 15 is 0 Å². The third-order valence-electron chi connectivity index (χ3n) is 3.70. The van der Waals surface area contributed by atoms with Crippen LogP contribution in [0.1, 0.15) is 33.4 Å². The van der Waals surface area contributed by atoms with Crippen molar-refractivity contribution in [2.24, 2.45) is 11.3 Å². The van der Waals surface area contributed by atoms with Gasteiger partial charge in [0.1, 0.15) is 5.52 Å². The van der Waals surface area contributed by atoms with Gasteiger partial charge in [-0.25, -0.2) is 9.97 Å². The van der Waals surface area contributed by atoms with Crippen LogP contribution in [0.5, 0.6) is 0 Å². The summed E-state index contributed by atoms with van der Waals surface area (Å²) in [6, 6.07) is 3.94. The van der Waals surface area contributed by atoms with Crippen molar-refractivity contribution in [1.82, 2.24) is 14.5 Å². The number of hydrogen-bond acceptors (Lipinski definition) is 3. The molecule has 1 unspecified atom stereocenters. The van der Waals surface area contributed by atoms with Gasteiger partial charge in [0, 0.05) is 12.2 Å². The largest absolute Gasteiger partial charge is 0.369 e. The van der Waals surface area contributed by atoms with E-state index in [4.69, 9.17) is 5.73 Å². The monoisotopic (exact) mass is 246 g/mol. The molecule has 1 atom stereocenters. The molecule has 0 bridgehead atoms. The first-order valence-electron chi connectivity index (χ1n) is 6.38. The molecular formula is C14H22N4. The van der Waals surface area contributed by atoms with Crippen LogP contribution in [0.25, 0.3) is 11.2 Å². The van der Waals surface area contributed by atoms with Gasteiger partial charge >= 0.3 is 0 Å². The smallest absolute Gasteiger partial charge is 0.202 e. The van der Waals surface area contributed by atoms with Crippen molar-refractivity contribution in [3.05, 3.63) is 17.8 Å². The highest BCUT2D eigenvalue weighted by atomic mass is 15.2. The van der Waals surface area contributed by atoms with Crippen LogP contribution in [-0.4, -0.2) is 14.5 Å². The Morgan fingerprint density at radius 2 is 1.94 bits per heavy atom. The van der Waals surface area contributed by atoms with Gasteiger partial charge < -0.3 is 5.73 Å². The zero-order chi connectivity index (χ0) is 13.5. The highest BCUT2D eigenvalue weighted by Crippen LogP contribution is 2.28. The summed E-state index contributed by atoms with van der Waals surface area (Å²) in [5, 5.41) is 0. The van der Waals surface area contributed by atoms with Gasteiger partial charge in [0.2, 0.25) is 5.95 Å². The minimum absolute atomic E-state index is 0.243. The molecule has 0 aromatic carbocycles. The Kier molecular flexibility index (Phi) is 3.05. The van der Waals surface area contributed by atoms with Crippen molar-refractivity contribution in [3.8, 4) is 0 Å². The van der Waals surface area contributed by atoms with Crippen LogP contribution in [0.4, 0.5) is 5.95 Å². The van der Waals surface area contributed by atoms with Crippen molar-refractivity contribution in [1.29, 1.82) is 0 Å². The van der Waals surface area contributed by atoms with Gasteiger partial charge in [-0.05, 0) is 30.4 Å². The van der Waals surface area contributed by atoms with Crippen LogP contribution >= 0.6 is 0 Å². The van der Waals surface area contributed by atoms with Gasteiger partial charge in [0.05, 0.1) is 0 Å². The van der Waals surface area contributed by atoms with Gasteiger partial charge in [-0.2, -0.15) is 0 Å². The van der Waals surface area contributed by atoms with E-state index in [0.29, 0.717) is 11.9 Å². The van der Waals surface area contributed by atoms with Gasteiger partial charge in [0.15, 0.2) is 5.65 Å². The summed E-state index contributed by atoms with van der Waals surface area (Å²) in [4.78, 5) is 8.92. The van der Waals surface area contributed by atoms with Crippen molar-refractivity contribution in [3.63, 3.8) is 0 Å². The van der Waals surface area contributed by atoms with Crippen LogP contribution in [0, 0.1) is 18.3 Å². The summed E-state index contributed by atoms with van der Waals surface area (Å²) in [6.45, 7) is 11.8. The third kappa shape index (κ3) is 2.33. The predicted molar refractivity (Wildman–Crippen MR) is 75.3 cm³/mol. The molecule has 0 saturated carbocycles. The number of pyridine rings is 1.